The molecule has 0 unspecified atom stereocenters. The second-order valence-electron chi connectivity index (χ2n) is 5.52. The van der Waals surface area contributed by atoms with Gasteiger partial charge in [0.05, 0.1) is 19.3 Å². The number of urea groups is 1. The fourth-order valence-corrected chi connectivity index (χ4v) is 3.76. The summed E-state index contributed by atoms with van der Waals surface area (Å²) in [7, 11) is 0. The normalized spacial score (nSPS) is 22.4. The number of rotatable bonds is 3. The molecule has 2 saturated heterocycles. The smallest absolute Gasteiger partial charge is 0.320 e. The van der Waals surface area contributed by atoms with E-state index in [9.17, 15) is 4.79 Å². The highest BCUT2D eigenvalue weighted by Crippen LogP contribution is 2.33. The van der Waals surface area contributed by atoms with Crippen molar-refractivity contribution in [3.8, 4) is 0 Å². The molecule has 1 aromatic heterocycles. The van der Waals surface area contributed by atoms with Crippen molar-refractivity contribution in [1.82, 2.24) is 24.6 Å². The van der Waals surface area contributed by atoms with Gasteiger partial charge in [-0.25, -0.2) is 4.79 Å². The Morgan fingerprint density at radius 2 is 2.09 bits per heavy atom. The van der Waals surface area contributed by atoms with E-state index in [2.05, 4.69) is 21.7 Å². The molecule has 1 atom stereocenters. The maximum atomic E-state index is 12.8. The number of thioether (sulfide) groups is 1. The minimum absolute atomic E-state index is 0.0451. The molecule has 8 heteroatoms. The molecular formula is C14H23N5O2S. The number of morpholine rings is 1. The lowest BCUT2D eigenvalue weighted by Crippen LogP contribution is -2.48. The summed E-state index contributed by atoms with van der Waals surface area (Å²) in [6.07, 6.45) is 3.99. The number of hydrogen-bond donors (Lipinski definition) is 0. The maximum Gasteiger partial charge on any atom is 0.320 e. The van der Waals surface area contributed by atoms with Crippen molar-refractivity contribution in [2.24, 2.45) is 0 Å². The van der Waals surface area contributed by atoms with Crippen LogP contribution < -0.4 is 0 Å². The predicted octanol–water partition coefficient (Wildman–Crippen LogP) is 1.61. The van der Waals surface area contributed by atoms with Crippen molar-refractivity contribution in [3.63, 3.8) is 0 Å². The number of nitrogens with zero attached hydrogens (tertiary/aromatic N) is 5. The van der Waals surface area contributed by atoms with Gasteiger partial charge in [0.25, 0.3) is 0 Å². The lowest BCUT2D eigenvalue weighted by Gasteiger charge is -2.33. The van der Waals surface area contributed by atoms with Crippen LogP contribution in [0.3, 0.4) is 0 Å². The number of aromatic nitrogens is 3. The molecule has 3 rings (SSSR count). The molecule has 2 fully saturated rings. The van der Waals surface area contributed by atoms with Crippen molar-refractivity contribution in [3.05, 3.63) is 5.82 Å². The van der Waals surface area contributed by atoms with E-state index >= 15 is 0 Å². The van der Waals surface area contributed by atoms with Crippen molar-refractivity contribution >= 4 is 17.8 Å². The van der Waals surface area contributed by atoms with E-state index in [-0.39, 0.29) is 12.1 Å². The molecule has 0 aromatic carbocycles. The maximum absolute atomic E-state index is 12.8. The van der Waals surface area contributed by atoms with E-state index in [4.69, 9.17) is 4.74 Å². The van der Waals surface area contributed by atoms with Gasteiger partial charge >= 0.3 is 6.03 Å². The van der Waals surface area contributed by atoms with Crippen LogP contribution in [0.15, 0.2) is 5.16 Å². The molecule has 1 aromatic rings. The molecule has 7 nitrogen and oxygen atoms in total. The molecule has 22 heavy (non-hydrogen) atoms. The van der Waals surface area contributed by atoms with E-state index in [0.717, 1.165) is 36.9 Å². The second-order valence-corrected chi connectivity index (χ2v) is 6.30. The number of ether oxygens (including phenoxy) is 1. The fourth-order valence-electron chi connectivity index (χ4n) is 3.20. The van der Waals surface area contributed by atoms with E-state index in [1.807, 2.05) is 16.1 Å². The Hall–Kier alpha value is -1.28. The van der Waals surface area contributed by atoms with E-state index < -0.39 is 0 Å². The summed E-state index contributed by atoms with van der Waals surface area (Å²) < 4.78 is 7.46. The van der Waals surface area contributed by atoms with E-state index in [1.165, 1.54) is 0 Å². The van der Waals surface area contributed by atoms with E-state index in [0.29, 0.717) is 26.3 Å². The molecule has 2 amide bonds. The SMILES string of the molecule is CCn1c(SC)nnc1[C@H]1CCCN1C(=O)N1CCOCC1. The third-order valence-electron chi connectivity index (χ3n) is 4.32. The lowest BCUT2D eigenvalue weighted by molar-refractivity contribution is 0.0417. The average Bonchev–Trinajstić information content (AvgIpc) is 3.20. The average molecular weight is 325 g/mol. The highest BCUT2D eigenvalue weighted by molar-refractivity contribution is 7.98. The summed E-state index contributed by atoms with van der Waals surface area (Å²) >= 11 is 1.60. The van der Waals surface area contributed by atoms with Gasteiger partial charge in [-0.3, -0.25) is 0 Å². The van der Waals surface area contributed by atoms with Crippen molar-refractivity contribution in [2.45, 2.75) is 37.5 Å². The summed E-state index contributed by atoms with van der Waals surface area (Å²) in [5, 5.41) is 9.55. The van der Waals surface area contributed by atoms with Crippen molar-refractivity contribution in [2.75, 3.05) is 39.1 Å². The molecule has 0 N–H and O–H groups in total. The van der Waals surface area contributed by atoms with Crippen LogP contribution in [0, 0.1) is 0 Å². The quantitative estimate of drug-likeness (QED) is 0.790. The first-order valence-corrected chi connectivity index (χ1v) is 9.09. The summed E-state index contributed by atoms with van der Waals surface area (Å²) in [6, 6.07) is 0.158. The second kappa shape index (κ2) is 6.87. The van der Waals surface area contributed by atoms with Gasteiger partial charge in [0.2, 0.25) is 0 Å². The number of hydrogen-bond acceptors (Lipinski definition) is 5. The third-order valence-corrected chi connectivity index (χ3v) is 4.99. The van der Waals surface area contributed by atoms with Crippen LogP contribution in [0.2, 0.25) is 0 Å². The summed E-state index contributed by atoms with van der Waals surface area (Å²) in [5.74, 6) is 0.922. The van der Waals surface area contributed by atoms with Crippen molar-refractivity contribution < 1.29 is 9.53 Å². The Labute approximate surface area is 135 Å². The molecule has 3 heterocycles. The standard InChI is InChI=1S/C14H23N5O2S/c1-3-18-12(15-16-13(18)22-2)11-5-4-6-19(11)14(20)17-7-9-21-10-8-17/h11H,3-10H2,1-2H3/t11-/m1/s1. The Kier molecular flexibility index (Phi) is 4.87. The van der Waals surface area contributed by atoms with Crippen LogP contribution in [0.25, 0.3) is 0 Å². The summed E-state index contributed by atoms with van der Waals surface area (Å²) in [5.41, 5.74) is 0. The number of carbonyl (C=O) groups excluding carboxylic acids is 1. The zero-order chi connectivity index (χ0) is 15.5. The molecule has 0 aliphatic carbocycles. The molecule has 0 spiro atoms. The van der Waals surface area contributed by atoms with Gasteiger partial charge in [0.1, 0.15) is 0 Å². The van der Waals surface area contributed by atoms with Crippen LogP contribution in [0.5, 0.6) is 0 Å². The largest absolute Gasteiger partial charge is 0.378 e. The van der Waals surface area contributed by atoms with Gasteiger partial charge in [-0.15, -0.1) is 10.2 Å². The zero-order valence-corrected chi connectivity index (χ0v) is 14.0. The Morgan fingerprint density at radius 3 is 2.77 bits per heavy atom. The van der Waals surface area contributed by atoms with Gasteiger partial charge in [-0.05, 0) is 26.0 Å². The van der Waals surface area contributed by atoms with E-state index in [1.54, 1.807) is 11.8 Å². The molecule has 0 radical (unpaired) electrons. The molecule has 122 valence electrons. The van der Waals surface area contributed by atoms with Crippen LogP contribution in [0.1, 0.15) is 31.6 Å². The molecule has 2 aliphatic heterocycles. The molecule has 0 saturated carbocycles. The highest BCUT2D eigenvalue weighted by atomic mass is 32.2. The molecular weight excluding hydrogens is 302 g/mol. The van der Waals surface area contributed by atoms with Crippen LogP contribution in [-0.4, -0.2) is 69.7 Å². The minimum Gasteiger partial charge on any atom is -0.378 e. The fraction of sp³-hybridized carbons (Fsp3) is 0.786. The van der Waals surface area contributed by atoms with Gasteiger partial charge in [-0.1, -0.05) is 11.8 Å². The number of likely N-dealkylation sites (tertiary alicyclic amines) is 1. The van der Waals surface area contributed by atoms with Crippen LogP contribution >= 0.6 is 11.8 Å². The first-order chi connectivity index (χ1) is 10.8. The molecule has 2 aliphatic rings. The number of amides is 2. The molecule has 0 bridgehead atoms. The Balaban J connectivity index is 1.80. The Bertz CT molecular complexity index is 529. The first kappa shape index (κ1) is 15.6. The lowest BCUT2D eigenvalue weighted by atomic mass is 10.2. The highest BCUT2D eigenvalue weighted by Gasteiger charge is 2.36. The number of carbonyl (C=O) groups is 1. The summed E-state index contributed by atoms with van der Waals surface area (Å²) in [4.78, 5) is 16.7. The minimum atomic E-state index is 0.0451. The third kappa shape index (κ3) is 2.81. The van der Waals surface area contributed by atoms with Gasteiger partial charge in [0, 0.05) is 26.2 Å². The summed E-state index contributed by atoms with van der Waals surface area (Å²) in [6.45, 7) is 6.34. The predicted molar refractivity (Wildman–Crippen MR) is 83.9 cm³/mol. The topological polar surface area (TPSA) is 63.5 Å². The monoisotopic (exact) mass is 325 g/mol. The van der Waals surface area contributed by atoms with Crippen LogP contribution in [-0.2, 0) is 11.3 Å². The van der Waals surface area contributed by atoms with Crippen molar-refractivity contribution in [1.29, 1.82) is 0 Å². The zero-order valence-electron chi connectivity index (χ0n) is 13.2. The van der Waals surface area contributed by atoms with Gasteiger partial charge in [0.15, 0.2) is 11.0 Å². The van der Waals surface area contributed by atoms with Gasteiger partial charge < -0.3 is 19.1 Å². The van der Waals surface area contributed by atoms with Crippen LogP contribution in [0.4, 0.5) is 4.79 Å². The van der Waals surface area contributed by atoms with Gasteiger partial charge in [-0.2, -0.15) is 0 Å². The first-order valence-electron chi connectivity index (χ1n) is 7.86. The Morgan fingerprint density at radius 1 is 1.32 bits per heavy atom.